The highest BCUT2D eigenvalue weighted by atomic mass is 19.3. The molecular weight excluding hydrogens is 411 g/mol. The van der Waals surface area contributed by atoms with Gasteiger partial charge in [-0.15, -0.1) is 0 Å². The lowest BCUT2D eigenvalue weighted by molar-refractivity contribution is -0.129. The number of amides is 2. The third kappa shape index (κ3) is 4.86. The number of alkyl halides is 2. The number of hydrazine groups is 1. The number of carbonyl (C=O) groups is 2. The number of halogens is 3. The minimum atomic E-state index is -2.72. The smallest absolute Gasteiger partial charge is 0.263 e. The first-order chi connectivity index (χ1) is 14.7. The summed E-state index contributed by atoms with van der Waals surface area (Å²) in [5.74, 6) is 1.93. The normalized spacial score (nSPS) is 25.5. The molecule has 31 heavy (non-hydrogen) atoms. The summed E-state index contributed by atoms with van der Waals surface area (Å²) in [5.41, 5.74) is 0.707. The van der Waals surface area contributed by atoms with E-state index in [2.05, 4.69) is 4.90 Å². The maximum Gasteiger partial charge on any atom is 0.263 e. The molecule has 3 fully saturated rings. The Hall–Kier alpha value is -2.17. The number of anilines is 2. The van der Waals surface area contributed by atoms with Gasteiger partial charge >= 0.3 is 0 Å². The van der Waals surface area contributed by atoms with E-state index in [0.29, 0.717) is 51.3 Å². The molecule has 1 aromatic rings. The van der Waals surface area contributed by atoms with Crippen molar-refractivity contribution in [2.45, 2.75) is 44.1 Å². The molecule has 1 aromatic carbocycles. The maximum atomic E-state index is 14.8. The Balaban J connectivity index is 1.32. The molecule has 3 aliphatic heterocycles. The van der Waals surface area contributed by atoms with E-state index in [1.807, 2.05) is 4.90 Å². The molecule has 2 amide bonds. The number of piperazine rings is 1. The zero-order chi connectivity index (χ0) is 22.2. The van der Waals surface area contributed by atoms with Crippen molar-refractivity contribution in [3.63, 3.8) is 0 Å². The SMILES string of the molecule is NN1CC(F)(F)CC1CCN1CCN(c2ccc(N3C(=O)CCCC3=O)cc2F)CC1. The Kier molecular flexibility index (Phi) is 6.23. The van der Waals surface area contributed by atoms with Crippen molar-refractivity contribution >= 4 is 23.2 Å². The Bertz CT molecular complexity index is 828. The number of hydrogen-bond acceptors (Lipinski definition) is 6. The molecule has 0 aromatic heterocycles. The van der Waals surface area contributed by atoms with E-state index in [1.165, 1.54) is 11.1 Å². The predicted molar refractivity (Wildman–Crippen MR) is 110 cm³/mol. The van der Waals surface area contributed by atoms with Gasteiger partial charge in [-0.3, -0.25) is 25.2 Å². The van der Waals surface area contributed by atoms with Crippen molar-refractivity contribution in [1.82, 2.24) is 9.91 Å². The van der Waals surface area contributed by atoms with Gasteiger partial charge in [0.15, 0.2) is 0 Å². The first kappa shape index (κ1) is 22.0. The maximum absolute atomic E-state index is 14.8. The molecule has 0 radical (unpaired) electrons. The van der Waals surface area contributed by atoms with E-state index < -0.39 is 18.3 Å². The average molecular weight is 439 g/mol. The third-order valence-electron chi connectivity index (χ3n) is 6.38. The fourth-order valence-corrected chi connectivity index (χ4v) is 4.67. The van der Waals surface area contributed by atoms with Crippen molar-refractivity contribution < 1.29 is 22.8 Å². The quantitative estimate of drug-likeness (QED) is 0.559. The Morgan fingerprint density at radius 3 is 2.32 bits per heavy atom. The zero-order valence-corrected chi connectivity index (χ0v) is 17.4. The van der Waals surface area contributed by atoms with Gasteiger partial charge in [-0.25, -0.2) is 18.2 Å². The van der Waals surface area contributed by atoms with Gasteiger partial charge in [0.05, 0.1) is 17.9 Å². The molecule has 1 atom stereocenters. The summed E-state index contributed by atoms with van der Waals surface area (Å²) in [5, 5.41) is 1.24. The Morgan fingerprint density at radius 2 is 1.74 bits per heavy atom. The highest BCUT2D eigenvalue weighted by Gasteiger charge is 2.43. The summed E-state index contributed by atoms with van der Waals surface area (Å²) in [6.45, 7) is 2.87. The van der Waals surface area contributed by atoms with E-state index in [9.17, 15) is 22.8 Å². The molecule has 0 saturated carbocycles. The van der Waals surface area contributed by atoms with Crippen LogP contribution in [0.25, 0.3) is 0 Å². The van der Waals surface area contributed by atoms with Gasteiger partial charge in [0.1, 0.15) is 5.82 Å². The predicted octanol–water partition coefficient (Wildman–Crippen LogP) is 1.96. The van der Waals surface area contributed by atoms with Crippen molar-refractivity contribution in [3.8, 4) is 0 Å². The van der Waals surface area contributed by atoms with Crippen LogP contribution in [0, 0.1) is 5.82 Å². The molecular formula is C21H28F3N5O2. The highest BCUT2D eigenvalue weighted by Crippen LogP contribution is 2.32. The fourth-order valence-electron chi connectivity index (χ4n) is 4.67. The van der Waals surface area contributed by atoms with Crippen molar-refractivity contribution in [2.24, 2.45) is 5.84 Å². The summed E-state index contributed by atoms with van der Waals surface area (Å²) >= 11 is 0. The van der Waals surface area contributed by atoms with Crippen LogP contribution >= 0.6 is 0 Å². The summed E-state index contributed by atoms with van der Waals surface area (Å²) in [4.78, 5) is 29.3. The van der Waals surface area contributed by atoms with Gasteiger partial charge in [-0.1, -0.05) is 0 Å². The lowest BCUT2D eigenvalue weighted by atomic mass is 10.1. The molecule has 170 valence electrons. The van der Waals surface area contributed by atoms with Crippen LogP contribution in [0.5, 0.6) is 0 Å². The number of nitrogens with zero attached hydrogens (tertiary/aromatic N) is 4. The number of carbonyl (C=O) groups excluding carboxylic acids is 2. The van der Waals surface area contributed by atoms with Crippen LogP contribution in [0.3, 0.4) is 0 Å². The lowest BCUT2D eigenvalue weighted by Gasteiger charge is -2.37. The molecule has 4 rings (SSSR count). The van der Waals surface area contributed by atoms with Crippen LogP contribution in [0.4, 0.5) is 24.5 Å². The van der Waals surface area contributed by atoms with E-state index in [0.717, 1.165) is 4.90 Å². The largest absolute Gasteiger partial charge is 0.367 e. The molecule has 3 aliphatic rings. The average Bonchev–Trinajstić information content (AvgIpc) is 2.98. The summed E-state index contributed by atoms with van der Waals surface area (Å²) in [6, 6.07) is 4.15. The fraction of sp³-hybridized carbons (Fsp3) is 0.619. The first-order valence-electron chi connectivity index (χ1n) is 10.8. The molecule has 3 heterocycles. The van der Waals surface area contributed by atoms with E-state index in [4.69, 9.17) is 5.84 Å². The molecule has 0 bridgehead atoms. The minimum absolute atomic E-state index is 0.205. The van der Waals surface area contributed by atoms with Gasteiger partial charge in [0, 0.05) is 57.5 Å². The number of imide groups is 1. The van der Waals surface area contributed by atoms with Crippen molar-refractivity contribution in [1.29, 1.82) is 0 Å². The highest BCUT2D eigenvalue weighted by molar-refractivity contribution is 6.16. The number of benzene rings is 1. The number of hydrogen-bond donors (Lipinski definition) is 1. The van der Waals surface area contributed by atoms with E-state index in [1.54, 1.807) is 12.1 Å². The Morgan fingerprint density at radius 1 is 1.06 bits per heavy atom. The molecule has 10 heteroatoms. The van der Waals surface area contributed by atoms with Crippen molar-refractivity contribution in [2.75, 3.05) is 49.1 Å². The lowest BCUT2D eigenvalue weighted by Crippen LogP contribution is -2.48. The molecule has 1 unspecified atom stereocenters. The van der Waals surface area contributed by atoms with Crippen LogP contribution in [0.15, 0.2) is 18.2 Å². The van der Waals surface area contributed by atoms with Gasteiger partial charge < -0.3 is 4.90 Å². The molecule has 2 N–H and O–H groups in total. The van der Waals surface area contributed by atoms with Crippen LogP contribution in [-0.2, 0) is 9.59 Å². The topological polar surface area (TPSA) is 73.1 Å². The van der Waals surface area contributed by atoms with Gasteiger partial charge in [-0.2, -0.15) is 0 Å². The van der Waals surface area contributed by atoms with Crippen LogP contribution in [0.1, 0.15) is 32.1 Å². The number of rotatable bonds is 5. The second-order valence-electron chi connectivity index (χ2n) is 8.62. The van der Waals surface area contributed by atoms with Crippen LogP contribution < -0.4 is 15.6 Å². The summed E-state index contributed by atoms with van der Waals surface area (Å²) in [7, 11) is 0. The monoisotopic (exact) mass is 439 g/mol. The van der Waals surface area contributed by atoms with Crippen molar-refractivity contribution in [3.05, 3.63) is 24.0 Å². The molecule has 7 nitrogen and oxygen atoms in total. The zero-order valence-electron chi connectivity index (χ0n) is 17.4. The second-order valence-corrected chi connectivity index (χ2v) is 8.62. The van der Waals surface area contributed by atoms with Crippen LogP contribution in [-0.4, -0.2) is 73.0 Å². The standard InChI is InChI=1S/C21H28F3N5O2/c22-17-12-15(29-19(30)2-1-3-20(29)31)4-5-18(17)27-10-8-26(9-11-27)7-6-16-13-21(23,24)14-28(16)25/h4-5,12,16H,1-3,6-11,13-14,25H2. The molecule has 3 saturated heterocycles. The van der Waals surface area contributed by atoms with Crippen LogP contribution in [0.2, 0.25) is 0 Å². The second kappa shape index (κ2) is 8.76. The van der Waals surface area contributed by atoms with Gasteiger partial charge in [0.25, 0.3) is 5.92 Å². The minimum Gasteiger partial charge on any atom is -0.367 e. The third-order valence-corrected chi connectivity index (χ3v) is 6.38. The first-order valence-corrected chi connectivity index (χ1v) is 10.8. The van der Waals surface area contributed by atoms with E-state index in [-0.39, 0.29) is 42.8 Å². The number of nitrogens with two attached hydrogens (primary N) is 1. The number of piperidine rings is 1. The summed E-state index contributed by atoms with van der Waals surface area (Å²) < 4.78 is 41.7. The Labute approximate surface area is 179 Å². The molecule has 0 spiro atoms. The summed E-state index contributed by atoms with van der Waals surface area (Å²) in [6.07, 6.45) is 1.48. The molecule has 0 aliphatic carbocycles. The van der Waals surface area contributed by atoms with Gasteiger partial charge in [-0.05, 0) is 31.5 Å². The van der Waals surface area contributed by atoms with Gasteiger partial charge in [0.2, 0.25) is 11.8 Å². The van der Waals surface area contributed by atoms with E-state index >= 15 is 0 Å².